The molecule has 0 fully saturated rings. The van der Waals surface area contributed by atoms with Crippen molar-refractivity contribution >= 4 is 11.9 Å². The molecular weight excluding hydrogens is 320 g/mol. The number of carbonyl (C=O) groups is 2. The lowest BCUT2D eigenvalue weighted by Crippen LogP contribution is -2.35. The number of amides is 1. The first-order valence-electron chi connectivity index (χ1n) is 8.24. The lowest BCUT2D eigenvalue weighted by atomic mass is 10.2. The zero-order valence-electron chi connectivity index (χ0n) is 14.4. The standard InChI is InChI=1S/C19H22N2O4/c1-3-8-14(2)21-17(22)13-24-19(23)16-11-7-12-20-18(16)25-15-9-5-4-6-10-15/h4-7,9-12,14H,3,8,13H2,1-2H3,(H,21,22)/t14-/m1/s1. The predicted octanol–water partition coefficient (Wildman–Crippen LogP) is 3.34. The summed E-state index contributed by atoms with van der Waals surface area (Å²) in [5.41, 5.74) is 0.167. The number of hydrogen-bond acceptors (Lipinski definition) is 5. The van der Waals surface area contributed by atoms with Crippen LogP contribution in [-0.2, 0) is 9.53 Å². The summed E-state index contributed by atoms with van der Waals surface area (Å²) in [6, 6.07) is 12.2. The van der Waals surface area contributed by atoms with Gasteiger partial charge in [-0.2, -0.15) is 0 Å². The van der Waals surface area contributed by atoms with Crippen molar-refractivity contribution in [2.75, 3.05) is 6.61 Å². The van der Waals surface area contributed by atoms with Crippen LogP contribution < -0.4 is 10.1 Å². The van der Waals surface area contributed by atoms with E-state index in [1.165, 1.54) is 6.20 Å². The Morgan fingerprint density at radius 1 is 1.16 bits per heavy atom. The fourth-order valence-corrected chi connectivity index (χ4v) is 2.26. The zero-order chi connectivity index (χ0) is 18.1. The van der Waals surface area contributed by atoms with Gasteiger partial charge in [-0.25, -0.2) is 9.78 Å². The maximum atomic E-state index is 12.2. The third kappa shape index (κ3) is 5.91. The highest BCUT2D eigenvalue weighted by Gasteiger charge is 2.17. The first-order valence-corrected chi connectivity index (χ1v) is 8.24. The number of hydrogen-bond donors (Lipinski definition) is 1. The Labute approximate surface area is 147 Å². The summed E-state index contributed by atoms with van der Waals surface area (Å²) < 4.78 is 10.7. The smallest absolute Gasteiger partial charge is 0.344 e. The summed E-state index contributed by atoms with van der Waals surface area (Å²) in [6.45, 7) is 3.61. The minimum atomic E-state index is -0.655. The number of rotatable bonds is 8. The monoisotopic (exact) mass is 342 g/mol. The van der Waals surface area contributed by atoms with Crippen LogP contribution in [0, 0.1) is 0 Å². The van der Waals surface area contributed by atoms with Crippen molar-refractivity contribution in [3.63, 3.8) is 0 Å². The SMILES string of the molecule is CCC[C@@H](C)NC(=O)COC(=O)c1cccnc1Oc1ccccc1. The van der Waals surface area contributed by atoms with Gasteiger partial charge in [0.25, 0.3) is 5.91 Å². The van der Waals surface area contributed by atoms with Crippen LogP contribution in [0.15, 0.2) is 48.7 Å². The molecule has 1 amide bonds. The Bertz CT molecular complexity index is 704. The summed E-state index contributed by atoms with van der Waals surface area (Å²) in [7, 11) is 0. The van der Waals surface area contributed by atoms with Gasteiger partial charge in [-0.1, -0.05) is 31.5 Å². The van der Waals surface area contributed by atoms with Gasteiger partial charge >= 0.3 is 5.97 Å². The Morgan fingerprint density at radius 3 is 2.64 bits per heavy atom. The minimum Gasteiger partial charge on any atom is -0.452 e. The van der Waals surface area contributed by atoms with Crippen molar-refractivity contribution < 1.29 is 19.1 Å². The van der Waals surface area contributed by atoms with Crippen LogP contribution in [0.5, 0.6) is 11.6 Å². The number of carbonyl (C=O) groups excluding carboxylic acids is 2. The summed E-state index contributed by atoms with van der Waals surface area (Å²) >= 11 is 0. The minimum absolute atomic E-state index is 0.0477. The van der Waals surface area contributed by atoms with Crippen molar-refractivity contribution in [1.29, 1.82) is 0 Å². The van der Waals surface area contributed by atoms with Gasteiger partial charge in [-0.05, 0) is 37.6 Å². The first kappa shape index (κ1) is 18.4. The van der Waals surface area contributed by atoms with Crippen LogP contribution >= 0.6 is 0 Å². The van der Waals surface area contributed by atoms with Crippen LogP contribution in [0.2, 0.25) is 0 Å². The molecule has 0 saturated heterocycles. The van der Waals surface area contributed by atoms with Gasteiger partial charge in [-0.15, -0.1) is 0 Å². The molecule has 1 atom stereocenters. The molecule has 6 heteroatoms. The van der Waals surface area contributed by atoms with Gasteiger partial charge in [0.2, 0.25) is 5.88 Å². The number of nitrogens with one attached hydrogen (secondary N) is 1. The van der Waals surface area contributed by atoms with Crippen LogP contribution in [0.3, 0.4) is 0 Å². The number of nitrogens with zero attached hydrogens (tertiary/aromatic N) is 1. The van der Waals surface area contributed by atoms with E-state index >= 15 is 0 Å². The number of esters is 1. The van der Waals surface area contributed by atoms with Crippen LogP contribution in [-0.4, -0.2) is 29.5 Å². The first-order chi connectivity index (χ1) is 12.1. The van der Waals surface area contributed by atoms with Gasteiger partial charge in [0.1, 0.15) is 11.3 Å². The highest BCUT2D eigenvalue weighted by Crippen LogP contribution is 2.23. The van der Waals surface area contributed by atoms with Gasteiger partial charge in [0, 0.05) is 12.2 Å². The molecule has 1 heterocycles. The topological polar surface area (TPSA) is 77.5 Å². The lowest BCUT2D eigenvalue weighted by molar-refractivity contribution is -0.124. The molecule has 0 saturated carbocycles. The van der Waals surface area contributed by atoms with E-state index in [0.717, 1.165) is 12.8 Å². The van der Waals surface area contributed by atoms with E-state index in [1.807, 2.05) is 32.0 Å². The number of aromatic nitrogens is 1. The predicted molar refractivity (Wildman–Crippen MR) is 93.5 cm³/mol. The van der Waals surface area contributed by atoms with Crippen molar-refractivity contribution in [2.24, 2.45) is 0 Å². The molecule has 2 aromatic rings. The summed E-state index contributed by atoms with van der Waals surface area (Å²) in [5, 5.41) is 2.78. The lowest BCUT2D eigenvalue weighted by Gasteiger charge is -2.13. The Hall–Kier alpha value is -2.89. The second-order valence-corrected chi connectivity index (χ2v) is 5.60. The molecule has 0 spiro atoms. The third-order valence-electron chi connectivity index (χ3n) is 3.41. The van der Waals surface area contributed by atoms with Crippen molar-refractivity contribution in [1.82, 2.24) is 10.3 Å². The van der Waals surface area contributed by atoms with E-state index in [0.29, 0.717) is 5.75 Å². The number of ether oxygens (including phenoxy) is 2. The maximum absolute atomic E-state index is 12.2. The highest BCUT2D eigenvalue weighted by atomic mass is 16.5. The fraction of sp³-hybridized carbons (Fsp3) is 0.316. The number of benzene rings is 1. The van der Waals surface area contributed by atoms with Crippen molar-refractivity contribution in [2.45, 2.75) is 32.7 Å². The van der Waals surface area contributed by atoms with E-state index in [1.54, 1.807) is 24.3 Å². The molecule has 0 aliphatic heterocycles. The molecule has 0 aliphatic carbocycles. The molecule has 1 aromatic heterocycles. The summed E-state index contributed by atoms with van der Waals surface area (Å²) in [4.78, 5) is 28.1. The number of para-hydroxylation sites is 1. The van der Waals surface area contributed by atoms with Crippen molar-refractivity contribution in [3.8, 4) is 11.6 Å². The second kappa shape index (κ2) is 9.42. The molecular formula is C19H22N2O4. The van der Waals surface area contributed by atoms with Crippen LogP contribution in [0.4, 0.5) is 0 Å². The van der Waals surface area contributed by atoms with E-state index in [-0.39, 0.29) is 30.0 Å². The molecule has 25 heavy (non-hydrogen) atoms. The van der Waals surface area contributed by atoms with Crippen LogP contribution in [0.1, 0.15) is 37.0 Å². The Balaban J connectivity index is 1.96. The Morgan fingerprint density at radius 2 is 1.92 bits per heavy atom. The second-order valence-electron chi connectivity index (χ2n) is 5.60. The van der Waals surface area contributed by atoms with E-state index < -0.39 is 5.97 Å². The molecule has 2 rings (SSSR count). The van der Waals surface area contributed by atoms with E-state index in [9.17, 15) is 9.59 Å². The molecule has 0 radical (unpaired) electrons. The maximum Gasteiger partial charge on any atom is 0.344 e. The average molecular weight is 342 g/mol. The fourth-order valence-electron chi connectivity index (χ4n) is 2.26. The van der Waals surface area contributed by atoms with Crippen LogP contribution in [0.25, 0.3) is 0 Å². The van der Waals surface area contributed by atoms with Gasteiger partial charge in [0.05, 0.1) is 0 Å². The molecule has 0 bridgehead atoms. The quantitative estimate of drug-likeness (QED) is 0.745. The van der Waals surface area contributed by atoms with E-state index in [2.05, 4.69) is 10.3 Å². The van der Waals surface area contributed by atoms with Gasteiger partial charge < -0.3 is 14.8 Å². The average Bonchev–Trinajstić information content (AvgIpc) is 2.61. The summed E-state index contributed by atoms with van der Waals surface area (Å²) in [6.07, 6.45) is 3.36. The normalized spacial score (nSPS) is 11.4. The third-order valence-corrected chi connectivity index (χ3v) is 3.41. The largest absolute Gasteiger partial charge is 0.452 e. The molecule has 6 nitrogen and oxygen atoms in total. The van der Waals surface area contributed by atoms with Gasteiger partial charge in [0.15, 0.2) is 6.61 Å². The van der Waals surface area contributed by atoms with E-state index in [4.69, 9.17) is 9.47 Å². The van der Waals surface area contributed by atoms with Gasteiger partial charge in [-0.3, -0.25) is 4.79 Å². The van der Waals surface area contributed by atoms with Crippen molar-refractivity contribution in [3.05, 3.63) is 54.2 Å². The molecule has 1 aromatic carbocycles. The zero-order valence-corrected chi connectivity index (χ0v) is 14.4. The Kier molecular flexibility index (Phi) is 6.95. The molecule has 0 unspecified atom stereocenters. The molecule has 132 valence electrons. The molecule has 1 N–H and O–H groups in total. The highest BCUT2D eigenvalue weighted by molar-refractivity contribution is 5.93. The summed E-state index contributed by atoms with van der Waals surface area (Å²) in [5.74, 6) is -0.291. The molecule has 0 aliphatic rings. The number of pyridine rings is 1.